The summed E-state index contributed by atoms with van der Waals surface area (Å²) in [4.78, 5) is 19.8. The number of carbonyl (C=O) groups is 1. The van der Waals surface area contributed by atoms with Crippen molar-refractivity contribution in [1.29, 1.82) is 5.26 Å². The van der Waals surface area contributed by atoms with Crippen LogP contribution in [0.2, 0.25) is 0 Å². The molecule has 140 valence electrons. The van der Waals surface area contributed by atoms with Gasteiger partial charge in [-0.05, 0) is 49.3 Å². The largest absolute Gasteiger partial charge is 0.469 e. The zero-order valence-electron chi connectivity index (χ0n) is 15.0. The van der Waals surface area contributed by atoms with Gasteiger partial charge < -0.3 is 9.47 Å². The smallest absolute Gasteiger partial charge is 0.316 e. The molecule has 6 nitrogen and oxygen atoms in total. The second-order valence-corrected chi connectivity index (χ2v) is 6.60. The van der Waals surface area contributed by atoms with E-state index in [9.17, 15) is 9.18 Å². The molecule has 0 N–H and O–H groups in total. The van der Waals surface area contributed by atoms with E-state index in [0.717, 1.165) is 25.7 Å². The molecule has 7 heteroatoms. The summed E-state index contributed by atoms with van der Waals surface area (Å²) in [5, 5.41) is 8.79. The molecule has 27 heavy (non-hydrogen) atoms. The average molecular weight is 369 g/mol. The lowest BCUT2D eigenvalue weighted by Crippen LogP contribution is -2.26. The number of hydrogen-bond acceptors (Lipinski definition) is 6. The lowest BCUT2D eigenvalue weighted by atomic mass is 9.85. The first-order valence-corrected chi connectivity index (χ1v) is 8.84. The van der Waals surface area contributed by atoms with E-state index in [0.29, 0.717) is 23.5 Å². The Labute approximate surface area is 157 Å². The standard InChI is InChI=1S/C20H20FN3O3/c1-26-19(25)8-13-2-6-17(7-3-13)27-20-23-11-16(12-24-20)14-4-5-15(10-22)18(21)9-14/h4-5,9,11-13,17H,2-3,6-8H2,1H3. The maximum atomic E-state index is 13.7. The molecule has 0 atom stereocenters. The number of esters is 1. The molecule has 1 aromatic carbocycles. The normalized spacial score (nSPS) is 19.1. The van der Waals surface area contributed by atoms with Gasteiger partial charge in [-0.2, -0.15) is 5.26 Å². The second-order valence-electron chi connectivity index (χ2n) is 6.60. The number of halogens is 1. The zero-order chi connectivity index (χ0) is 19.2. The fourth-order valence-electron chi connectivity index (χ4n) is 3.23. The van der Waals surface area contributed by atoms with E-state index in [1.165, 1.54) is 19.2 Å². The van der Waals surface area contributed by atoms with Crippen molar-refractivity contribution in [3.63, 3.8) is 0 Å². The molecule has 1 aliphatic carbocycles. The van der Waals surface area contributed by atoms with Crippen LogP contribution in [0.15, 0.2) is 30.6 Å². The van der Waals surface area contributed by atoms with Gasteiger partial charge in [-0.25, -0.2) is 14.4 Å². The summed E-state index contributed by atoms with van der Waals surface area (Å²) in [6.45, 7) is 0. The van der Waals surface area contributed by atoms with Crippen LogP contribution in [-0.2, 0) is 9.53 Å². The van der Waals surface area contributed by atoms with Crippen molar-refractivity contribution in [1.82, 2.24) is 9.97 Å². The van der Waals surface area contributed by atoms with Crippen molar-refractivity contribution in [3.8, 4) is 23.2 Å². The summed E-state index contributed by atoms with van der Waals surface area (Å²) >= 11 is 0. The van der Waals surface area contributed by atoms with Gasteiger partial charge in [0.05, 0.1) is 12.7 Å². The first kappa shape index (κ1) is 18.8. The van der Waals surface area contributed by atoms with Gasteiger partial charge in [0.15, 0.2) is 0 Å². The summed E-state index contributed by atoms with van der Waals surface area (Å²) in [5.74, 6) is -0.400. The van der Waals surface area contributed by atoms with Crippen LogP contribution in [0.5, 0.6) is 6.01 Å². The zero-order valence-corrected chi connectivity index (χ0v) is 15.0. The van der Waals surface area contributed by atoms with Gasteiger partial charge in [0.25, 0.3) is 0 Å². The quantitative estimate of drug-likeness (QED) is 0.748. The van der Waals surface area contributed by atoms with Crippen LogP contribution < -0.4 is 4.74 Å². The van der Waals surface area contributed by atoms with E-state index in [1.807, 2.05) is 0 Å². The number of benzene rings is 1. The fourth-order valence-corrected chi connectivity index (χ4v) is 3.23. The number of hydrogen-bond donors (Lipinski definition) is 0. The van der Waals surface area contributed by atoms with Crippen LogP contribution in [0.25, 0.3) is 11.1 Å². The van der Waals surface area contributed by atoms with Crippen LogP contribution in [-0.4, -0.2) is 29.2 Å². The van der Waals surface area contributed by atoms with E-state index >= 15 is 0 Å². The first-order valence-electron chi connectivity index (χ1n) is 8.84. The van der Waals surface area contributed by atoms with Crippen LogP contribution in [0.4, 0.5) is 4.39 Å². The number of methoxy groups -OCH3 is 1. The molecule has 0 unspecified atom stereocenters. The van der Waals surface area contributed by atoms with E-state index < -0.39 is 5.82 Å². The molecule has 0 amide bonds. The molecular weight excluding hydrogens is 349 g/mol. The number of nitriles is 1. The van der Waals surface area contributed by atoms with E-state index in [2.05, 4.69) is 9.97 Å². The molecule has 1 aliphatic rings. The molecule has 0 bridgehead atoms. The lowest BCUT2D eigenvalue weighted by Gasteiger charge is -2.27. The maximum absolute atomic E-state index is 13.7. The minimum absolute atomic E-state index is 0.00224. The van der Waals surface area contributed by atoms with Gasteiger partial charge in [-0.15, -0.1) is 0 Å². The summed E-state index contributed by atoms with van der Waals surface area (Å²) in [6.07, 6.45) is 7.12. The Hall–Kier alpha value is -3.01. The Kier molecular flexibility index (Phi) is 5.97. The summed E-state index contributed by atoms with van der Waals surface area (Å²) in [6, 6.07) is 6.46. The highest BCUT2D eigenvalue weighted by atomic mass is 19.1. The lowest BCUT2D eigenvalue weighted by molar-refractivity contribution is -0.142. The summed E-state index contributed by atoms with van der Waals surface area (Å²) in [7, 11) is 1.41. The summed E-state index contributed by atoms with van der Waals surface area (Å²) in [5.41, 5.74) is 1.25. The molecule has 3 rings (SSSR count). The highest BCUT2D eigenvalue weighted by molar-refractivity contribution is 5.69. The fraction of sp³-hybridized carbons (Fsp3) is 0.400. The van der Waals surface area contributed by atoms with Gasteiger partial charge in [-0.1, -0.05) is 6.07 Å². The van der Waals surface area contributed by atoms with Gasteiger partial charge >= 0.3 is 12.0 Å². The maximum Gasteiger partial charge on any atom is 0.316 e. The van der Waals surface area contributed by atoms with Crippen molar-refractivity contribution in [2.24, 2.45) is 5.92 Å². The Bertz CT molecular complexity index is 841. The number of carbonyl (C=O) groups excluding carboxylic acids is 1. The van der Waals surface area contributed by atoms with Gasteiger partial charge in [0.2, 0.25) is 0 Å². The number of ether oxygens (including phenoxy) is 2. The molecule has 1 saturated carbocycles. The van der Waals surface area contributed by atoms with Gasteiger partial charge in [-0.3, -0.25) is 4.79 Å². The Morgan fingerprint density at radius 3 is 2.52 bits per heavy atom. The SMILES string of the molecule is COC(=O)CC1CCC(Oc2ncc(-c3ccc(C#N)c(F)c3)cn2)CC1. The molecule has 0 spiro atoms. The van der Waals surface area contributed by atoms with E-state index in [-0.39, 0.29) is 23.6 Å². The van der Waals surface area contributed by atoms with E-state index in [1.54, 1.807) is 24.5 Å². The van der Waals surface area contributed by atoms with Crippen LogP contribution in [0, 0.1) is 23.1 Å². The average Bonchev–Trinajstić information content (AvgIpc) is 2.70. The first-order chi connectivity index (χ1) is 13.1. The van der Waals surface area contributed by atoms with Gasteiger partial charge in [0.1, 0.15) is 18.0 Å². The van der Waals surface area contributed by atoms with Crippen LogP contribution in [0.1, 0.15) is 37.7 Å². The van der Waals surface area contributed by atoms with Gasteiger partial charge in [0, 0.05) is 24.4 Å². The molecular formula is C20H20FN3O3. The van der Waals surface area contributed by atoms with Crippen molar-refractivity contribution < 1.29 is 18.7 Å². The molecule has 2 aromatic rings. The highest BCUT2D eigenvalue weighted by Gasteiger charge is 2.25. The number of rotatable bonds is 5. The van der Waals surface area contributed by atoms with Crippen molar-refractivity contribution in [2.75, 3.05) is 7.11 Å². The minimum Gasteiger partial charge on any atom is -0.469 e. The Balaban J connectivity index is 1.56. The Morgan fingerprint density at radius 2 is 1.93 bits per heavy atom. The van der Waals surface area contributed by atoms with Crippen molar-refractivity contribution in [3.05, 3.63) is 42.0 Å². The molecule has 0 saturated heterocycles. The molecule has 1 aromatic heterocycles. The topological polar surface area (TPSA) is 85.1 Å². The monoisotopic (exact) mass is 369 g/mol. The predicted octanol–water partition coefficient (Wildman–Crippen LogP) is 3.66. The van der Waals surface area contributed by atoms with Crippen LogP contribution >= 0.6 is 0 Å². The van der Waals surface area contributed by atoms with Crippen molar-refractivity contribution >= 4 is 5.97 Å². The predicted molar refractivity (Wildman–Crippen MR) is 95.1 cm³/mol. The van der Waals surface area contributed by atoms with E-state index in [4.69, 9.17) is 14.7 Å². The number of aromatic nitrogens is 2. The third kappa shape index (κ3) is 4.79. The van der Waals surface area contributed by atoms with Crippen LogP contribution in [0.3, 0.4) is 0 Å². The van der Waals surface area contributed by atoms with Crippen molar-refractivity contribution in [2.45, 2.75) is 38.2 Å². The third-order valence-electron chi connectivity index (χ3n) is 4.80. The Morgan fingerprint density at radius 1 is 1.22 bits per heavy atom. The highest BCUT2D eigenvalue weighted by Crippen LogP contribution is 2.29. The summed E-state index contributed by atoms with van der Waals surface area (Å²) < 4.78 is 24.3. The minimum atomic E-state index is -0.570. The number of nitrogens with zero attached hydrogens (tertiary/aromatic N) is 3. The second kappa shape index (κ2) is 8.58. The molecule has 0 aliphatic heterocycles. The molecule has 1 fully saturated rings. The third-order valence-corrected chi connectivity index (χ3v) is 4.80. The molecule has 0 radical (unpaired) electrons. The molecule has 1 heterocycles.